The highest BCUT2D eigenvalue weighted by Gasteiger charge is 2.31. The molecule has 0 aliphatic heterocycles. The number of rotatable bonds is 8. The maximum absolute atomic E-state index is 12.6. The summed E-state index contributed by atoms with van der Waals surface area (Å²) in [6.07, 6.45) is -1.21. The quantitative estimate of drug-likeness (QED) is 0.324. The van der Waals surface area contributed by atoms with Gasteiger partial charge in [-0.1, -0.05) is 6.07 Å². The predicted molar refractivity (Wildman–Crippen MR) is 87.9 cm³/mol. The van der Waals surface area contributed by atoms with Gasteiger partial charge in [-0.15, -0.1) is 0 Å². The van der Waals surface area contributed by atoms with E-state index in [1.165, 1.54) is 6.20 Å². The number of amides is 1. The van der Waals surface area contributed by atoms with Crippen molar-refractivity contribution in [2.45, 2.75) is 23.9 Å². The maximum atomic E-state index is 12.6. The van der Waals surface area contributed by atoms with Crippen LogP contribution in [0, 0.1) is 0 Å². The van der Waals surface area contributed by atoms with E-state index in [2.05, 4.69) is 10.7 Å². The molecule has 26 heavy (non-hydrogen) atoms. The fraction of sp³-hybridized carbons (Fsp3) is 0.214. The number of halogens is 3. The number of allylic oxidation sites excluding steroid dienone is 1. The molecule has 8 nitrogen and oxygen atoms in total. The van der Waals surface area contributed by atoms with Crippen molar-refractivity contribution in [3.63, 3.8) is 0 Å². The lowest BCUT2D eigenvalue weighted by atomic mass is 10.2. The van der Waals surface area contributed by atoms with E-state index in [1.54, 1.807) is 0 Å². The minimum atomic E-state index is -4.66. The first-order valence-corrected chi connectivity index (χ1v) is 8.59. The Morgan fingerprint density at radius 3 is 2.50 bits per heavy atom. The maximum Gasteiger partial charge on any atom is 0.416 e. The molecule has 0 saturated heterocycles. The molecule has 0 saturated carbocycles. The van der Waals surface area contributed by atoms with Gasteiger partial charge in [-0.3, -0.25) is 15.4 Å². The summed E-state index contributed by atoms with van der Waals surface area (Å²) in [7, 11) is -4.21. The Kier molecular flexibility index (Phi) is 7.46. The van der Waals surface area contributed by atoms with Gasteiger partial charge in [0.15, 0.2) is 0 Å². The molecule has 1 aromatic carbocycles. The molecular formula is C14H18F3N5O3S. The van der Waals surface area contributed by atoms with Crippen molar-refractivity contribution in [2.75, 3.05) is 0 Å². The second-order valence-corrected chi connectivity index (χ2v) is 6.65. The summed E-state index contributed by atoms with van der Waals surface area (Å²) in [6, 6.07) is 3.27. The first-order chi connectivity index (χ1) is 12.1. The number of benzene rings is 1. The number of carbonyl (C=O) groups is 1. The van der Waals surface area contributed by atoms with Crippen LogP contribution in [0.2, 0.25) is 0 Å². The van der Waals surface area contributed by atoms with Gasteiger partial charge < -0.3 is 16.5 Å². The van der Waals surface area contributed by atoms with Gasteiger partial charge in [0.25, 0.3) is 10.0 Å². The zero-order chi connectivity index (χ0) is 19.8. The van der Waals surface area contributed by atoms with Crippen LogP contribution in [0.4, 0.5) is 13.2 Å². The van der Waals surface area contributed by atoms with E-state index < -0.39 is 32.6 Å². The molecule has 0 radical (unpaired) electrons. The van der Waals surface area contributed by atoms with Crippen LogP contribution in [0.25, 0.3) is 0 Å². The van der Waals surface area contributed by atoms with Crippen molar-refractivity contribution >= 4 is 15.9 Å². The Balaban J connectivity index is 2.62. The molecule has 0 aromatic heterocycles. The monoisotopic (exact) mass is 393 g/mol. The number of hydrogen-bond donors (Lipinski definition) is 5. The average molecular weight is 393 g/mol. The average Bonchev–Trinajstić information content (AvgIpc) is 2.56. The summed E-state index contributed by atoms with van der Waals surface area (Å²) in [5.41, 5.74) is 6.97. The lowest BCUT2D eigenvalue weighted by Crippen LogP contribution is -2.22. The Morgan fingerprint density at radius 2 is 1.88 bits per heavy atom. The Hall–Kier alpha value is -2.73. The van der Waals surface area contributed by atoms with Crippen LogP contribution < -0.4 is 27.0 Å². The van der Waals surface area contributed by atoms with Crippen LogP contribution >= 0.6 is 0 Å². The highest BCUT2D eigenvalue weighted by Crippen LogP contribution is 2.30. The van der Waals surface area contributed by atoms with Crippen molar-refractivity contribution in [1.82, 2.24) is 15.5 Å². The molecule has 0 aliphatic rings. The van der Waals surface area contributed by atoms with E-state index >= 15 is 0 Å². The molecule has 1 rings (SSSR count). The number of alkyl halides is 3. The van der Waals surface area contributed by atoms with E-state index in [4.69, 9.17) is 11.6 Å². The zero-order valence-electron chi connectivity index (χ0n) is 13.4. The number of sulfonamides is 1. The number of hydrazine groups is 1. The lowest BCUT2D eigenvalue weighted by Gasteiger charge is -2.09. The standard InChI is InChI=1S/C14H18F3N5O3S/c15-14(16,17)10-2-1-3-12(8-10)26(24,25)22-7-6-20-13(23)5-4-11(18)9-21-19/h1-3,6-9,21-22H,4-5,18-19H2,(H,20,23)/b7-6-,11-9-. The predicted octanol–water partition coefficient (Wildman–Crippen LogP) is 0.615. The molecule has 1 aromatic rings. The van der Waals surface area contributed by atoms with E-state index in [1.807, 2.05) is 4.72 Å². The SMILES string of the molecule is NN/C=C(\N)CCC(=O)N/C=C\NS(=O)(=O)c1cccc(C(F)(F)F)c1. The topological polar surface area (TPSA) is 139 Å². The summed E-state index contributed by atoms with van der Waals surface area (Å²) in [5.74, 6) is 4.56. The third-order valence-electron chi connectivity index (χ3n) is 2.93. The minimum Gasteiger partial charge on any atom is -0.401 e. The van der Waals surface area contributed by atoms with Crippen molar-refractivity contribution in [2.24, 2.45) is 11.6 Å². The van der Waals surface area contributed by atoms with Gasteiger partial charge >= 0.3 is 6.18 Å². The molecule has 144 valence electrons. The molecule has 0 heterocycles. The highest BCUT2D eigenvalue weighted by molar-refractivity contribution is 7.89. The van der Waals surface area contributed by atoms with Gasteiger partial charge in [-0.2, -0.15) is 13.2 Å². The fourth-order valence-corrected chi connectivity index (χ4v) is 2.60. The van der Waals surface area contributed by atoms with Gasteiger partial charge in [0, 0.05) is 30.7 Å². The van der Waals surface area contributed by atoms with E-state index in [0.29, 0.717) is 11.8 Å². The molecule has 0 aliphatic carbocycles. The summed E-state index contributed by atoms with van der Waals surface area (Å²) in [5, 5.41) is 2.28. The summed E-state index contributed by atoms with van der Waals surface area (Å²) in [6.45, 7) is 0. The number of carbonyl (C=O) groups excluding carboxylic acids is 1. The van der Waals surface area contributed by atoms with Crippen LogP contribution in [-0.2, 0) is 21.0 Å². The third-order valence-corrected chi connectivity index (χ3v) is 4.25. The van der Waals surface area contributed by atoms with Crippen molar-refractivity contribution in [3.8, 4) is 0 Å². The molecule has 0 spiro atoms. The van der Waals surface area contributed by atoms with E-state index in [-0.39, 0.29) is 12.8 Å². The van der Waals surface area contributed by atoms with Gasteiger partial charge in [-0.25, -0.2) is 8.42 Å². The number of nitrogens with one attached hydrogen (secondary N) is 3. The van der Waals surface area contributed by atoms with Gasteiger partial charge in [-0.05, 0) is 24.6 Å². The molecule has 12 heteroatoms. The molecule has 0 unspecified atom stereocenters. The zero-order valence-corrected chi connectivity index (χ0v) is 14.2. The van der Waals surface area contributed by atoms with Crippen LogP contribution in [0.1, 0.15) is 18.4 Å². The normalized spacial score (nSPS) is 12.8. The molecule has 0 bridgehead atoms. The molecule has 7 N–H and O–H groups in total. The third kappa shape index (κ3) is 7.03. The summed E-state index contributed by atoms with van der Waals surface area (Å²) >= 11 is 0. The van der Waals surface area contributed by atoms with Crippen molar-refractivity contribution < 1.29 is 26.4 Å². The second-order valence-electron chi connectivity index (χ2n) is 4.93. The summed E-state index contributed by atoms with van der Waals surface area (Å²) < 4.78 is 63.7. The first-order valence-electron chi connectivity index (χ1n) is 7.11. The minimum absolute atomic E-state index is 0.0226. The molecule has 0 fully saturated rings. The second kappa shape index (κ2) is 9.10. The molecule has 0 atom stereocenters. The van der Waals surface area contributed by atoms with Crippen molar-refractivity contribution in [3.05, 3.63) is 54.1 Å². The van der Waals surface area contributed by atoms with E-state index in [9.17, 15) is 26.4 Å². The molecular weight excluding hydrogens is 375 g/mol. The molecule has 1 amide bonds. The fourth-order valence-electron chi connectivity index (χ4n) is 1.68. The lowest BCUT2D eigenvalue weighted by molar-refractivity contribution is -0.137. The summed E-state index contributed by atoms with van der Waals surface area (Å²) in [4.78, 5) is 10.9. The van der Waals surface area contributed by atoms with Gasteiger partial charge in [0.2, 0.25) is 5.91 Å². The smallest absolute Gasteiger partial charge is 0.401 e. The van der Waals surface area contributed by atoms with Crippen molar-refractivity contribution in [1.29, 1.82) is 0 Å². The largest absolute Gasteiger partial charge is 0.416 e. The van der Waals surface area contributed by atoms with E-state index in [0.717, 1.165) is 30.6 Å². The van der Waals surface area contributed by atoms with Crippen LogP contribution in [0.15, 0.2) is 53.5 Å². The Bertz CT molecular complexity index is 791. The highest BCUT2D eigenvalue weighted by atomic mass is 32.2. The van der Waals surface area contributed by atoms with Crippen LogP contribution in [0.5, 0.6) is 0 Å². The number of nitrogens with two attached hydrogens (primary N) is 2. The van der Waals surface area contributed by atoms with Gasteiger partial charge in [0.1, 0.15) is 0 Å². The first kappa shape index (κ1) is 21.3. The Morgan fingerprint density at radius 1 is 1.19 bits per heavy atom. The van der Waals surface area contributed by atoms with Crippen LogP contribution in [-0.4, -0.2) is 14.3 Å². The van der Waals surface area contributed by atoms with Crippen LogP contribution in [0.3, 0.4) is 0 Å². The number of hydrogen-bond acceptors (Lipinski definition) is 6. The van der Waals surface area contributed by atoms with Gasteiger partial charge in [0.05, 0.1) is 10.5 Å². The Labute approximate surface area is 148 Å².